The summed E-state index contributed by atoms with van der Waals surface area (Å²) in [4.78, 5) is 15.6. The Balaban J connectivity index is 2.12. The van der Waals surface area contributed by atoms with E-state index in [-0.39, 0.29) is 5.91 Å². The predicted molar refractivity (Wildman–Crippen MR) is 58.6 cm³/mol. The van der Waals surface area contributed by atoms with Crippen LogP contribution in [-0.2, 0) is 0 Å². The Hall–Kier alpha value is -2.16. The van der Waals surface area contributed by atoms with Crippen LogP contribution in [0.1, 0.15) is 10.4 Å². The summed E-state index contributed by atoms with van der Waals surface area (Å²) in [5.41, 5.74) is 1.40. The number of nitrogens with zero attached hydrogens (tertiary/aromatic N) is 1. The summed E-state index contributed by atoms with van der Waals surface area (Å²) in [6.45, 7) is 0. The van der Waals surface area contributed by atoms with Crippen LogP contribution in [0.2, 0.25) is 0 Å². The number of nitrogens with one attached hydrogen (secondary N) is 1. The second kappa shape index (κ2) is 4.37. The van der Waals surface area contributed by atoms with Crippen molar-refractivity contribution >= 4 is 11.6 Å². The van der Waals surface area contributed by atoms with E-state index >= 15 is 0 Å². The van der Waals surface area contributed by atoms with E-state index < -0.39 is 0 Å². The number of hydrogen-bond acceptors (Lipinski definition) is 2. The summed E-state index contributed by atoms with van der Waals surface area (Å²) in [7, 11) is 0. The van der Waals surface area contributed by atoms with Crippen molar-refractivity contribution in [3.63, 3.8) is 0 Å². The summed E-state index contributed by atoms with van der Waals surface area (Å²) < 4.78 is 0. The molecule has 74 valence electrons. The lowest BCUT2D eigenvalue weighted by Gasteiger charge is -2.03. The molecule has 0 spiro atoms. The van der Waals surface area contributed by atoms with E-state index in [1.165, 1.54) is 0 Å². The molecule has 0 fully saturated rings. The van der Waals surface area contributed by atoms with Gasteiger partial charge >= 0.3 is 0 Å². The molecule has 0 aliphatic carbocycles. The first kappa shape index (κ1) is 9.40. The molecular weight excluding hydrogens is 188 g/mol. The van der Waals surface area contributed by atoms with E-state index in [1.54, 1.807) is 36.7 Å². The smallest absolute Gasteiger partial charge is 0.255 e. The molecule has 1 aromatic carbocycles. The van der Waals surface area contributed by atoms with Gasteiger partial charge in [0.15, 0.2) is 0 Å². The van der Waals surface area contributed by atoms with Gasteiger partial charge in [-0.25, -0.2) is 0 Å². The lowest BCUT2D eigenvalue weighted by Crippen LogP contribution is -2.11. The van der Waals surface area contributed by atoms with Crippen LogP contribution < -0.4 is 5.32 Å². The highest BCUT2D eigenvalue weighted by Crippen LogP contribution is 2.06. The van der Waals surface area contributed by atoms with Crippen molar-refractivity contribution in [1.29, 1.82) is 0 Å². The Morgan fingerprint density at radius 2 is 1.67 bits per heavy atom. The maximum absolute atomic E-state index is 11.7. The Labute approximate surface area is 87.8 Å². The quantitative estimate of drug-likeness (QED) is 0.804. The molecule has 1 heterocycles. The fourth-order valence-corrected chi connectivity index (χ4v) is 1.23. The molecule has 1 N–H and O–H groups in total. The highest BCUT2D eigenvalue weighted by molar-refractivity contribution is 6.04. The molecule has 15 heavy (non-hydrogen) atoms. The fourth-order valence-electron chi connectivity index (χ4n) is 1.23. The largest absolute Gasteiger partial charge is 0.322 e. The minimum Gasteiger partial charge on any atom is -0.322 e. The van der Waals surface area contributed by atoms with Gasteiger partial charge in [0, 0.05) is 23.6 Å². The monoisotopic (exact) mass is 198 g/mol. The molecule has 0 unspecified atom stereocenters. The molecule has 0 saturated carbocycles. The van der Waals surface area contributed by atoms with Gasteiger partial charge in [0.2, 0.25) is 0 Å². The normalized spacial score (nSPS) is 9.60. The topological polar surface area (TPSA) is 42.0 Å². The van der Waals surface area contributed by atoms with Crippen LogP contribution in [0.5, 0.6) is 0 Å². The van der Waals surface area contributed by atoms with Crippen molar-refractivity contribution in [2.75, 3.05) is 5.32 Å². The van der Waals surface area contributed by atoms with E-state index in [1.807, 2.05) is 18.2 Å². The van der Waals surface area contributed by atoms with Gasteiger partial charge < -0.3 is 5.32 Å². The van der Waals surface area contributed by atoms with Gasteiger partial charge in [0.25, 0.3) is 5.91 Å². The summed E-state index contributed by atoms with van der Waals surface area (Å²) in [6.07, 6.45) is 3.28. The zero-order valence-corrected chi connectivity index (χ0v) is 8.05. The first-order chi connectivity index (χ1) is 7.36. The number of carbonyl (C=O) groups is 1. The molecular formula is C12H10N2O. The van der Waals surface area contributed by atoms with Crippen LogP contribution in [0, 0.1) is 0 Å². The van der Waals surface area contributed by atoms with Gasteiger partial charge in [-0.3, -0.25) is 9.78 Å². The average Bonchev–Trinajstić information content (AvgIpc) is 2.31. The second-order valence-corrected chi connectivity index (χ2v) is 3.06. The highest BCUT2D eigenvalue weighted by Gasteiger charge is 2.03. The molecule has 2 aromatic rings. The van der Waals surface area contributed by atoms with E-state index in [0.717, 1.165) is 5.69 Å². The Morgan fingerprint density at radius 1 is 1.00 bits per heavy atom. The summed E-state index contributed by atoms with van der Waals surface area (Å²) in [5, 5.41) is 2.78. The minimum absolute atomic E-state index is 0.109. The average molecular weight is 198 g/mol. The Kier molecular flexibility index (Phi) is 2.74. The molecule has 1 amide bonds. The maximum atomic E-state index is 11.7. The van der Waals surface area contributed by atoms with E-state index in [2.05, 4.69) is 10.3 Å². The van der Waals surface area contributed by atoms with Gasteiger partial charge in [-0.05, 0) is 24.3 Å². The van der Waals surface area contributed by atoms with Gasteiger partial charge in [-0.15, -0.1) is 0 Å². The van der Waals surface area contributed by atoms with Crippen molar-refractivity contribution in [3.8, 4) is 0 Å². The minimum atomic E-state index is -0.109. The third-order valence-corrected chi connectivity index (χ3v) is 1.97. The van der Waals surface area contributed by atoms with Crippen molar-refractivity contribution < 1.29 is 4.79 Å². The van der Waals surface area contributed by atoms with Crippen LogP contribution in [0.25, 0.3) is 0 Å². The fraction of sp³-hybridized carbons (Fsp3) is 0. The maximum Gasteiger partial charge on any atom is 0.255 e. The van der Waals surface area contributed by atoms with Gasteiger partial charge in [-0.1, -0.05) is 18.2 Å². The van der Waals surface area contributed by atoms with Crippen molar-refractivity contribution in [2.24, 2.45) is 0 Å². The zero-order valence-electron chi connectivity index (χ0n) is 8.05. The predicted octanol–water partition coefficient (Wildman–Crippen LogP) is 2.33. The molecule has 0 radical (unpaired) electrons. The first-order valence-electron chi connectivity index (χ1n) is 4.63. The molecule has 0 saturated heterocycles. The molecule has 0 atom stereocenters. The van der Waals surface area contributed by atoms with Crippen molar-refractivity contribution in [1.82, 2.24) is 4.98 Å². The van der Waals surface area contributed by atoms with Crippen molar-refractivity contribution in [3.05, 3.63) is 60.4 Å². The van der Waals surface area contributed by atoms with Crippen LogP contribution in [0.15, 0.2) is 54.9 Å². The SMILES string of the molecule is O=C(Nc1ccncc1)c1ccccc1. The molecule has 1 aromatic heterocycles. The summed E-state index contributed by atoms with van der Waals surface area (Å²) in [6, 6.07) is 12.6. The first-order valence-corrected chi connectivity index (χ1v) is 4.63. The lowest BCUT2D eigenvalue weighted by molar-refractivity contribution is 0.102. The molecule has 0 aliphatic heterocycles. The molecule has 0 aliphatic rings. The standard InChI is InChI=1S/C12H10N2O/c15-12(10-4-2-1-3-5-10)14-11-6-8-13-9-7-11/h1-9H,(H,13,14,15). The van der Waals surface area contributed by atoms with Crippen LogP contribution in [-0.4, -0.2) is 10.9 Å². The highest BCUT2D eigenvalue weighted by atomic mass is 16.1. The van der Waals surface area contributed by atoms with E-state index in [0.29, 0.717) is 5.56 Å². The van der Waals surface area contributed by atoms with Crippen LogP contribution in [0.4, 0.5) is 5.69 Å². The second-order valence-electron chi connectivity index (χ2n) is 3.06. The van der Waals surface area contributed by atoms with E-state index in [9.17, 15) is 4.79 Å². The zero-order chi connectivity index (χ0) is 10.5. The van der Waals surface area contributed by atoms with Gasteiger partial charge in [-0.2, -0.15) is 0 Å². The number of carbonyl (C=O) groups excluding carboxylic acids is 1. The van der Waals surface area contributed by atoms with Crippen LogP contribution >= 0.6 is 0 Å². The summed E-state index contributed by atoms with van der Waals surface area (Å²) >= 11 is 0. The molecule has 3 nitrogen and oxygen atoms in total. The number of aromatic nitrogens is 1. The van der Waals surface area contributed by atoms with Gasteiger partial charge in [0.05, 0.1) is 0 Å². The number of hydrogen-bond donors (Lipinski definition) is 1. The Bertz CT molecular complexity index is 440. The lowest BCUT2D eigenvalue weighted by atomic mass is 10.2. The van der Waals surface area contributed by atoms with Crippen LogP contribution in [0.3, 0.4) is 0 Å². The third kappa shape index (κ3) is 2.40. The number of amides is 1. The molecule has 2 rings (SSSR count). The number of benzene rings is 1. The number of rotatable bonds is 2. The molecule has 0 bridgehead atoms. The molecule has 3 heteroatoms. The van der Waals surface area contributed by atoms with Crippen molar-refractivity contribution in [2.45, 2.75) is 0 Å². The Morgan fingerprint density at radius 3 is 2.33 bits per heavy atom. The number of pyridine rings is 1. The summed E-state index contributed by atoms with van der Waals surface area (Å²) in [5.74, 6) is -0.109. The number of anilines is 1. The van der Waals surface area contributed by atoms with E-state index in [4.69, 9.17) is 0 Å². The van der Waals surface area contributed by atoms with Gasteiger partial charge in [0.1, 0.15) is 0 Å². The third-order valence-electron chi connectivity index (χ3n) is 1.97.